The molecule has 1 aliphatic heterocycles. The van der Waals surface area contributed by atoms with Crippen molar-refractivity contribution >= 4 is 19.7 Å². The number of ether oxygens (including phenoxy) is 1. The molecule has 2 aromatic carbocycles. The van der Waals surface area contributed by atoms with Crippen LogP contribution in [0.5, 0.6) is 5.75 Å². The van der Waals surface area contributed by atoms with Crippen molar-refractivity contribution in [3.05, 3.63) is 59.7 Å². The average molecular weight is 424 g/mol. The molecule has 0 unspecified atom stereocenters. The highest BCUT2D eigenvalue weighted by Gasteiger charge is 2.45. The zero-order valence-corrected chi connectivity index (χ0v) is 17.6. The summed E-state index contributed by atoms with van der Waals surface area (Å²) in [5.41, 5.74) is 2.11. The third kappa shape index (κ3) is 4.74. The summed E-state index contributed by atoms with van der Waals surface area (Å²) in [5.74, 6) is 0.0306. The summed E-state index contributed by atoms with van der Waals surface area (Å²) in [6.45, 7) is 4.73. The van der Waals surface area contributed by atoms with E-state index in [1.165, 1.54) is 12.1 Å². The van der Waals surface area contributed by atoms with Gasteiger partial charge in [0.2, 0.25) is 0 Å². The maximum Gasteiger partial charge on any atom is 0.183 e. The molecule has 0 amide bonds. The number of nitrogens with one attached hydrogen (secondary N) is 1. The normalized spacial score (nSPS) is 21.5. The van der Waals surface area contributed by atoms with Gasteiger partial charge in [0, 0.05) is 12.6 Å². The highest BCUT2D eigenvalue weighted by Crippen LogP contribution is 2.27. The Hall–Kier alpha value is -1.90. The Bertz CT molecular complexity index is 1010. The molecule has 1 N–H and O–H groups in total. The van der Waals surface area contributed by atoms with Gasteiger partial charge in [0.1, 0.15) is 5.75 Å². The van der Waals surface area contributed by atoms with Crippen molar-refractivity contribution in [2.75, 3.05) is 18.1 Å². The van der Waals surface area contributed by atoms with E-state index >= 15 is 0 Å². The fraction of sp³-hybridized carbons (Fsp3) is 0.400. The molecule has 2 atom stereocenters. The van der Waals surface area contributed by atoms with E-state index in [2.05, 4.69) is 5.32 Å². The first kappa shape index (κ1) is 20.8. The van der Waals surface area contributed by atoms with E-state index in [9.17, 15) is 16.8 Å². The van der Waals surface area contributed by atoms with E-state index < -0.39 is 31.0 Å². The van der Waals surface area contributed by atoms with Gasteiger partial charge >= 0.3 is 0 Å². The van der Waals surface area contributed by atoms with E-state index in [-0.39, 0.29) is 16.4 Å². The molecule has 1 aliphatic rings. The van der Waals surface area contributed by atoms with Crippen LogP contribution in [0.3, 0.4) is 0 Å². The smallest absolute Gasteiger partial charge is 0.183 e. The fourth-order valence-electron chi connectivity index (χ4n) is 3.33. The number of hydrogen-bond acceptors (Lipinski definition) is 6. The first-order valence-corrected chi connectivity index (χ1v) is 12.5. The molecule has 8 heteroatoms. The second kappa shape index (κ2) is 8.23. The summed E-state index contributed by atoms with van der Waals surface area (Å²) >= 11 is 0. The van der Waals surface area contributed by atoms with E-state index in [1.807, 2.05) is 38.1 Å². The van der Waals surface area contributed by atoms with Crippen LogP contribution in [0.15, 0.2) is 53.4 Å². The van der Waals surface area contributed by atoms with Crippen molar-refractivity contribution in [3.63, 3.8) is 0 Å². The molecule has 0 aromatic heterocycles. The molecule has 28 heavy (non-hydrogen) atoms. The van der Waals surface area contributed by atoms with Gasteiger partial charge in [-0.1, -0.05) is 29.8 Å². The van der Waals surface area contributed by atoms with Crippen molar-refractivity contribution in [3.8, 4) is 5.75 Å². The van der Waals surface area contributed by atoms with Crippen LogP contribution in [0.2, 0.25) is 0 Å². The molecule has 0 saturated carbocycles. The summed E-state index contributed by atoms with van der Waals surface area (Å²) in [7, 11) is -7.23. The Morgan fingerprint density at radius 3 is 2.29 bits per heavy atom. The molecule has 0 bridgehead atoms. The first-order chi connectivity index (χ1) is 13.2. The lowest BCUT2D eigenvalue weighted by atomic mass is 10.1. The van der Waals surface area contributed by atoms with Crippen LogP contribution < -0.4 is 10.1 Å². The molecule has 2 aromatic rings. The van der Waals surface area contributed by atoms with Crippen LogP contribution in [0, 0.1) is 6.92 Å². The number of hydrogen-bond donors (Lipinski definition) is 1. The molecule has 0 radical (unpaired) electrons. The molecule has 1 fully saturated rings. The van der Waals surface area contributed by atoms with Crippen molar-refractivity contribution < 1.29 is 21.6 Å². The van der Waals surface area contributed by atoms with Crippen LogP contribution in [0.1, 0.15) is 18.1 Å². The van der Waals surface area contributed by atoms with Crippen molar-refractivity contribution in [2.24, 2.45) is 0 Å². The third-order valence-corrected chi connectivity index (χ3v) is 9.02. The van der Waals surface area contributed by atoms with E-state index in [4.69, 9.17) is 4.74 Å². The standard InChI is InChI=1S/C20H25NO5S2/c1-3-26-17-8-10-18(11-9-17)28(24,25)20-14-27(22,23)13-19(20)21-12-16-6-4-15(2)5-7-16/h4-11,19-21H,3,12-14H2,1-2H3/t19-,20-/m0/s1. The van der Waals surface area contributed by atoms with Crippen molar-refractivity contribution in [1.29, 1.82) is 0 Å². The molecular weight excluding hydrogens is 398 g/mol. The summed E-state index contributed by atoms with van der Waals surface area (Å²) < 4.78 is 56.0. The minimum atomic E-state index is -3.80. The van der Waals surface area contributed by atoms with E-state index in [0.717, 1.165) is 11.1 Å². The maximum atomic E-state index is 13.1. The highest BCUT2D eigenvalue weighted by molar-refractivity contribution is 7.96. The van der Waals surface area contributed by atoms with Gasteiger partial charge in [-0.15, -0.1) is 0 Å². The second-order valence-electron chi connectivity index (χ2n) is 7.04. The first-order valence-electron chi connectivity index (χ1n) is 9.17. The van der Waals surface area contributed by atoms with Gasteiger partial charge in [0.25, 0.3) is 0 Å². The Kier molecular flexibility index (Phi) is 6.12. The topological polar surface area (TPSA) is 89.5 Å². The molecular formula is C20H25NO5S2. The Morgan fingerprint density at radius 2 is 1.68 bits per heavy atom. The zero-order valence-electron chi connectivity index (χ0n) is 16.0. The molecule has 0 spiro atoms. The van der Waals surface area contributed by atoms with Gasteiger partial charge in [0.15, 0.2) is 19.7 Å². The van der Waals surface area contributed by atoms with Crippen LogP contribution in [-0.2, 0) is 26.2 Å². The lowest BCUT2D eigenvalue weighted by Crippen LogP contribution is -2.43. The predicted molar refractivity (Wildman–Crippen MR) is 109 cm³/mol. The molecule has 6 nitrogen and oxygen atoms in total. The second-order valence-corrected chi connectivity index (χ2v) is 11.4. The number of sulfone groups is 2. The number of rotatable bonds is 7. The van der Waals surface area contributed by atoms with Gasteiger partial charge in [-0.25, -0.2) is 16.8 Å². The van der Waals surface area contributed by atoms with E-state index in [0.29, 0.717) is 18.9 Å². The SMILES string of the molecule is CCOc1ccc(S(=O)(=O)[C@H]2CS(=O)(=O)C[C@@H]2NCc2ccc(C)cc2)cc1. The number of benzene rings is 2. The Morgan fingerprint density at radius 1 is 1.04 bits per heavy atom. The quantitative estimate of drug-likeness (QED) is 0.734. The number of aryl methyl sites for hydroxylation is 1. The minimum absolute atomic E-state index is 0.111. The Balaban J connectivity index is 1.81. The van der Waals surface area contributed by atoms with Crippen LogP contribution in [0.4, 0.5) is 0 Å². The minimum Gasteiger partial charge on any atom is -0.494 e. The molecule has 1 saturated heterocycles. The summed E-state index contributed by atoms with van der Waals surface area (Å²) in [6.07, 6.45) is 0. The predicted octanol–water partition coefficient (Wildman–Crippen LogP) is 2.12. The van der Waals surface area contributed by atoms with Crippen LogP contribution >= 0.6 is 0 Å². The third-order valence-electron chi connectivity index (χ3n) is 4.85. The average Bonchev–Trinajstić information content (AvgIpc) is 2.97. The van der Waals surface area contributed by atoms with Gasteiger partial charge in [-0.3, -0.25) is 0 Å². The lowest BCUT2D eigenvalue weighted by Gasteiger charge is -2.20. The van der Waals surface area contributed by atoms with Crippen molar-refractivity contribution in [1.82, 2.24) is 5.32 Å². The van der Waals surface area contributed by atoms with Gasteiger partial charge in [-0.05, 0) is 43.7 Å². The van der Waals surface area contributed by atoms with Gasteiger partial charge < -0.3 is 10.1 Å². The summed E-state index contributed by atoms with van der Waals surface area (Å²) in [5, 5.41) is 2.13. The fourth-order valence-corrected chi connectivity index (χ4v) is 8.05. The highest BCUT2D eigenvalue weighted by atomic mass is 32.2. The molecule has 0 aliphatic carbocycles. The van der Waals surface area contributed by atoms with Gasteiger partial charge in [-0.2, -0.15) is 0 Å². The molecule has 3 rings (SSSR count). The monoisotopic (exact) mass is 423 g/mol. The van der Waals surface area contributed by atoms with Crippen molar-refractivity contribution in [2.45, 2.75) is 36.6 Å². The summed E-state index contributed by atoms with van der Waals surface area (Å²) in [4.78, 5) is 0.111. The summed E-state index contributed by atoms with van der Waals surface area (Å²) in [6, 6.07) is 13.3. The van der Waals surface area contributed by atoms with Gasteiger partial charge in [0.05, 0.1) is 28.3 Å². The maximum absolute atomic E-state index is 13.1. The zero-order chi connectivity index (χ0) is 20.4. The van der Waals surface area contributed by atoms with E-state index in [1.54, 1.807) is 12.1 Å². The molecule has 1 heterocycles. The lowest BCUT2D eigenvalue weighted by molar-refractivity contribution is 0.340. The molecule has 152 valence electrons. The van der Waals surface area contributed by atoms with Crippen LogP contribution in [0.25, 0.3) is 0 Å². The largest absolute Gasteiger partial charge is 0.494 e. The van der Waals surface area contributed by atoms with Crippen LogP contribution in [-0.4, -0.2) is 46.2 Å². The Labute approximate surface area is 166 Å².